The summed E-state index contributed by atoms with van der Waals surface area (Å²) in [7, 11) is 0. The Labute approximate surface area is 103 Å². The Morgan fingerprint density at radius 3 is 2.65 bits per heavy atom. The van der Waals surface area contributed by atoms with E-state index in [2.05, 4.69) is 0 Å². The standard InChI is InChI=1S/C11H12ClNO4/c1-2-8(10(14)15)17-11(16)9-6(12)4-3-5-7(9)13/h3-5,8H,2,13H2,1H3,(H,14,15). The van der Waals surface area contributed by atoms with Gasteiger partial charge in [0.25, 0.3) is 0 Å². The number of hydrogen-bond acceptors (Lipinski definition) is 4. The summed E-state index contributed by atoms with van der Waals surface area (Å²) in [5.41, 5.74) is 5.73. The monoisotopic (exact) mass is 257 g/mol. The summed E-state index contributed by atoms with van der Waals surface area (Å²) in [6.07, 6.45) is -1.02. The highest BCUT2D eigenvalue weighted by Gasteiger charge is 2.23. The van der Waals surface area contributed by atoms with Crippen molar-refractivity contribution in [1.29, 1.82) is 0 Å². The van der Waals surface area contributed by atoms with Gasteiger partial charge in [-0.25, -0.2) is 9.59 Å². The van der Waals surface area contributed by atoms with Crippen molar-refractivity contribution in [3.63, 3.8) is 0 Å². The van der Waals surface area contributed by atoms with E-state index in [0.29, 0.717) is 0 Å². The highest BCUT2D eigenvalue weighted by Crippen LogP contribution is 2.23. The maximum Gasteiger partial charge on any atom is 0.345 e. The van der Waals surface area contributed by atoms with Crippen LogP contribution in [-0.2, 0) is 9.53 Å². The van der Waals surface area contributed by atoms with E-state index < -0.39 is 18.0 Å². The van der Waals surface area contributed by atoms with Crippen molar-refractivity contribution in [3.05, 3.63) is 28.8 Å². The molecule has 0 fully saturated rings. The first-order valence-corrected chi connectivity index (χ1v) is 5.33. The molecule has 17 heavy (non-hydrogen) atoms. The smallest absolute Gasteiger partial charge is 0.345 e. The van der Waals surface area contributed by atoms with Gasteiger partial charge >= 0.3 is 11.9 Å². The van der Waals surface area contributed by atoms with E-state index >= 15 is 0 Å². The Morgan fingerprint density at radius 1 is 1.53 bits per heavy atom. The lowest BCUT2D eigenvalue weighted by molar-refractivity contribution is -0.147. The van der Waals surface area contributed by atoms with Gasteiger partial charge in [-0.15, -0.1) is 0 Å². The molecule has 0 amide bonds. The maximum atomic E-state index is 11.7. The quantitative estimate of drug-likeness (QED) is 0.635. The summed E-state index contributed by atoms with van der Waals surface area (Å²) < 4.78 is 4.81. The number of carbonyl (C=O) groups is 2. The van der Waals surface area contributed by atoms with Crippen LogP contribution in [0.4, 0.5) is 5.69 Å². The molecule has 1 unspecified atom stereocenters. The Balaban J connectivity index is 2.94. The lowest BCUT2D eigenvalue weighted by Gasteiger charge is -2.13. The summed E-state index contributed by atoms with van der Waals surface area (Å²) in [4.78, 5) is 22.4. The minimum atomic E-state index is -1.20. The third kappa shape index (κ3) is 3.10. The number of anilines is 1. The molecule has 0 saturated heterocycles. The van der Waals surface area contributed by atoms with Gasteiger partial charge in [-0.05, 0) is 18.6 Å². The van der Waals surface area contributed by atoms with Crippen molar-refractivity contribution in [1.82, 2.24) is 0 Å². The normalized spacial score (nSPS) is 11.9. The third-order valence-electron chi connectivity index (χ3n) is 2.15. The van der Waals surface area contributed by atoms with Crippen molar-refractivity contribution in [3.8, 4) is 0 Å². The topological polar surface area (TPSA) is 89.6 Å². The largest absolute Gasteiger partial charge is 0.479 e. The lowest BCUT2D eigenvalue weighted by Crippen LogP contribution is -2.26. The molecule has 1 rings (SSSR count). The number of nitrogens with two attached hydrogens (primary N) is 1. The molecule has 5 nitrogen and oxygen atoms in total. The number of ether oxygens (including phenoxy) is 1. The summed E-state index contributed by atoms with van der Waals surface area (Å²) in [5, 5.41) is 8.90. The molecule has 0 aliphatic carbocycles. The highest BCUT2D eigenvalue weighted by atomic mass is 35.5. The first-order valence-electron chi connectivity index (χ1n) is 4.95. The van der Waals surface area contributed by atoms with E-state index in [0.717, 1.165) is 0 Å². The number of esters is 1. The highest BCUT2D eigenvalue weighted by molar-refractivity contribution is 6.34. The van der Waals surface area contributed by atoms with Crippen LogP contribution >= 0.6 is 11.6 Å². The average Bonchev–Trinajstić information content (AvgIpc) is 2.25. The van der Waals surface area contributed by atoms with E-state index in [9.17, 15) is 9.59 Å². The minimum Gasteiger partial charge on any atom is -0.479 e. The van der Waals surface area contributed by atoms with Crippen LogP contribution in [0.1, 0.15) is 23.7 Å². The Bertz CT molecular complexity index is 427. The molecule has 0 aliphatic heterocycles. The SMILES string of the molecule is CCC(OC(=O)c1c(N)cccc1Cl)C(=O)O. The molecule has 0 spiro atoms. The van der Waals surface area contributed by atoms with Gasteiger partial charge in [0.15, 0.2) is 6.10 Å². The molecule has 92 valence electrons. The van der Waals surface area contributed by atoms with Crippen LogP contribution < -0.4 is 5.73 Å². The number of carbonyl (C=O) groups excluding carboxylic acids is 1. The Morgan fingerprint density at radius 2 is 2.18 bits per heavy atom. The number of carboxylic acid groups (broad SMARTS) is 1. The molecular weight excluding hydrogens is 246 g/mol. The molecule has 3 N–H and O–H groups in total. The zero-order valence-electron chi connectivity index (χ0n) is 9.14. The molecular formula is C11H12ClNO4. The van der Waals surface area contributed by atoms with Crippen molar-refractivity contribution >= 4 is 29.2 Å². The fraction of sp³-hybridized carbons (Fsp3) is 0.273. The van der Waals surface area contributed by atoms with Gasteiger partial charge in [-0.2, -0.15) is 0 Å². The van der Waals surface area contributed by atoms with Crippen LogP contribution in [-0.4, -0.2) is 23.1 Å². The first kappa shape index (κ1) is 13.3. The van der Waals surface area contributed by atoms with Gasteiger partial charge in [0.1, 0.15) is 5.56 Å². The summed E-state index contributed by atoms with van der Waals surface area (Å²) in [6, 6.07) is 4.56. The maximum absolute atomic E-state index is 11.7. The van der Waals surface area contributed by atoms with E-state index in [1.54, 1.807) is 13.0 Å². The molecule has 0 heterocycles. The molecule has 0 aromatic heterocycles. The molecule has 0 saturated carbocycles. The zero-order chi connectivity index (χ0) is 13.0. The lowest BCUT2D eigenvalue weighted by atomic mass is 10.2. The van der Waals surface area contributed by atoms with Gasteiger partial charge < -0.3 is 15.6 Å². The fourth-order valence-corrected chi connectivity index (χ4v) is 1.51. The number of carboxylic acids is 1. The number of hydrogen-bond donors (Lipinski definition) is 2. The van der Waals surface area contributed by atoms with E-state index in [4.69, 9.17) is 27.2 Å². The van der Waals surface area contributed by atoms with E-state index in [1.807, 2.05) is 0 Å². The van der Waals surface area contributed by atoms with Crippen molar-refractivity contribution in [2.75, 3.05) is 5.73 Å². The van der Waals surface area contributed by atoms with E-state index in [-0.39, 0.29) is 22.7 Å². The van der Waals surface area contributed by atoms with Crippen molar-refractivity contribution < 1.29 is 19.4 Å². The number of nitrogen functional groups attached to an aromatic ring is 1. The summed E-state index contributed by atoms with van der Waals surface area (Å²) >= 11 is 5.80. The van der Waals surface area contributed by atoms with Gasteiger partial charge in [-0.1, -0.05) is 24.6 Å². The van der Waals surface area contributed by atoms with Crippen molar-refractivity contribution in [2.45, 2.75) is 19.4 Å². The van der Waals surface area contributed by atoms with Crippen LogP contribution in [0.5, 0.6) is 0 Å². The second-order valence-electron chi connectivity index (χ2n) is 3.34. The number of benzene rings is 1. The van der Waals surface area contributed by atoms with Gasteiger partial charge in [0.05, 0.1) is 5.02 Å². The van der Waals surface area contributed by atoms with Gasteiger partial charge in [0, 0.05) is 5.69 Å². The first-order chi connectivity index (χ1) is 7.97. The second kappa shape index (κ2) is 5.54. The van der Waals surface area contributed by atoms with Crippen LogP contribution in [0.2, 0.25) is 5.02 Å². The van der Waals surface area contributed by atoms with Gasteiger partial charge in [-0.3, -0.25) is 0 Å². The second-order valence-corrected chi connectivity index (χ2v) is 3.75. The zero-order valence-corrected chi connectivity index (χ0v) is 9.90. The Kier molecular flexibility index (Phi) is 4.34. The molecule has 1 aromatic carbocycles. The summed E-state index contributed by atoms with van der Waals surface area (Å²) in [6.45, 7) is 1.60. The molecule has 0 bridgehead atoms. The predicted molar refractivity (Wildman–Crippen MR) is 63.0 cm³/mol. The fourth-order valence-electron chi connectivity index (χ4n) is 1.25. The molecule has 1 atom stereocenters. The predicted octanol–water partition coefficient (Wildman–Crippen LogP) is 1.94. The average molecular weight is 258 g/mol. The number of aliphatic carboxylic acids is 1. The van der Waals surface area contributed by atoms with Crippen LogP contribution in [0.15, 0.2) is 18.2 Å². The molecule has 1 aromatic rings. The molecule has 6 heteroatoms. The van der Waals surface area contributed by atoms with Crippen LogP contribution in [0, 0.1) is 0 Å². The van der Waals surface area contributed by atoms with Crippen molar-refractivity contribution in [2.24, 2.45) is 0 Å². The minimum absolute atomic E-state index is 0.00568. The van der Waals surface area contributed by atoms with Crippen LogP contribution in [0.3, 0.4) is 0 Å². The molecule has 0 radical (unpaired) electrons. The van der Waals surface area contributed by atoms with Crippen LogP contribution in [0.25, 0.3) is 0 Å². The number of rotatable bonds is 4. The Hall–Kier alpha value is -1.75. The third-order valence-corrected chi connectivity index (χ3v) is 2.46. The number of halogens is 1. The van der Waals surface area contributed by atoms with Gasteiger partial charge in [0.2, 0.25) is 0 Å². The summed E-state index contributed by atoms with van der Waals surface area (Å²) in [5.74, 6) is -2.03. The molecule has 0 aliphatic rings. The van der Waals surface area contributed by atoms with E-state index in [1.165, 1.54) is 12.1 Å².